The van der Waals surface area contributed by atoms with Crippen LogP contribution in [0.3, 0.4) is 0 Å². The largest absolute Gasteiger partial charge is 0.382 e. The van der Waals surface area contributed by atoms with Gasteiger partial charge in [0, 0.05) is 19.1 Å². The molecule has 7 nitrogen and oxygen atoms in total. The molecule has 0 bridgehead atoms. The van der Waals surface area contributed by atoms with E-state index in [0.29, 0.717) is 33.0 Å². The van der Waals surface area contributed by atoms with E-state index in [1.165, 1.54) is 0 Å². The van der Waals surface area contributed by atoms with Gasteiger partial charge in [0.15, 0.2) is 9.84 Å². The fourth-order valence-corrected chi connectivity index (χ4v) is 4.02. The summed E-state index contributed by atoms with van der Waals surface area (Å²) in [5, 5.41) is 0. The first-order chi connectivity index (χ1) is 11.0. The van der Waals surface area contributed by atoms with Gasteiger partial charge in [0.2, 0.25) is 3.67 Å². The van der Waals surface area contributed by atoms with Crippen molar-refractivity contribution in [2.24, 2.45) is 5.73 Å². The molecule has 0 saturated carbocycles. The molecular weight excluding hydrogens is 381 g/mol. The van der Waals surface area contributed by atoms with Crippen LogP contribution in [0.15, 0.2) is 0 Å². The zero-order valence-corrected chi connectivity index (χ0v) is 16.9. The predicted molar refractivity (Wildman–Crippen MR) is 95.4 cm³/mol. The van der Waals surface area contributed by atoms with E-state index in [9.17, 15) is 8.42 Å². The Kier molecular flexibility index (Phi) is 12.0. The molecule has 0 saturated heterocycles. The van der Waals surface area contributed by atoms with Gasteiger partial charge < -0.3 is 24.7 Å². The van der Waals surface area contributed by atoms with Gasteiger partial charge in [-0.1, -0.05) is 23.2 Å². The van der Waals surface area contributed by atoms with E-state index in [1.54, 1.807) is 21.0 Å². The van der Waals surface area contributed by atoms with E-state index in [0.717, 1.165) is 0 Å². The van der Waals surface area contributed by atoms with Crippen LogP contribution in [0.2, 0.25) is 0 Å². The Morgan fingerprint density at radius 2 is 1.29 bits per heavy atom. The van der Waals surface area contributed by atoms with Crippen LogP contribution in [0, 0.1) is 0 Å². The van der Waals surface area contributed by atoms with Crippen LogP contribution in [0.5, 0.6) is 0 Å². The van der Waals surface area contributed by atoms with Gasteiger partial charge >= 0.3 is 0 Å². The minimum absolute atomic E-state index is 0.0117. The van der Waals surface area contributed by atoms with Gasteiger partial charge in [0.05, 0.1) is 52.0 Å². The van der Waals surface area contributed by atoms with Crippen LogP contribution in [0.25, 0.3) is 0 Å². The van der Waals surface area contributed by atoms with Gasteiger partial charge in [0.1, 0.15) is 0 Å². The summed E-state index contributed by atoms with van der Waals surface area (Å²) in [6.07, 6.45) is -0.0718. The fraction of sp³-hybridized carbons (Fsp3) is 1.00. The molecule has 0 radical (unpaired) electrons. The number of halogens is 2. The van der Waals surface area contributed by atoms with E-state index in [2.05, 4.69) is 0 Å². The summed E-state index contributed by atoms with van der Waals surface area (Å²) in [4.78, 5) is 0. The molecule has 0 rings (SSSR count). The monoisotopic (exact) mass is 409 g/mol. The minimum atomic E-state index is -3.75. The van der Waals surface area contributed by atoms with Gasteiger partial charge in [-0.15, -0.1) is 0 Å². The van der Waals surface area contributed by atoms with E-state index in [1.807, 2.05) is 0 Å². The van der Waals surface area contributed by atoms with Crippen LogP contribution in [-0.2, 0) is 28.8 Å². The summed E-state index contributed by atoms with van der Waals surface area (Å²) in [7, 11) is -2.15. The van der Waals surface area contributed by atoms with Crippen LogP contribution < -0.4 is 5.73 Å². The molecule has 0 aliphatic heterocycles. The SMILES string of the molecule is COCCOCCOCCOCCS(=O)(=O)C(Cl)(Cl)CC(C)(C)N. The molecule has 0 heterocycles. The molecule has 0 spiro atoms. The Hall–Kier alpha value is 0.330. The predicted octanol–water partition coefficient (Wildman–Crippen LogP) is 1.36. The van der Waals surface area contributed by atoms with E-state index >= 15 is 0 Å². The van der Waals surface area contributed by atoms with Crippen molar-refractivity contribution in [1.29, 1.82) is 0 Å². The zero-order chi connectivity index (χ0) is 18.7. The molecule has 2 N–H and O–H groups in total. The highest BCUT2D eigenvalue weighted by Crippen LogP contribution is 2.36. The molecule has 0 amide bonds. The molecule has 0 atom stereocenters. The van der Waals surface area contributed by atoms with Crippen molar-refractivity contribution < 1.29 is 27.4 Å². The molecule has 24 heavy (non-hydrogen) atoms. The van der Waals surface area contributed by atoms with Gasteiger partial charge in [-0.2, -0.15) is 0 Å². The summed E-state index contributed by atoms with van der Waals surface area (Å²) in [5.41, 5.74) is 4.99. The van der Waals surface area contributed by atoms with E-state index < -0.39 is 19.0 Å². The van der Waals surface area contributed by atoms with Gasteiger partial charge in [-0.3, -0.25) is 0 Å². The number of sulfone groups is 1. The molecule has 0 fully saturated rings. The van der Waals surface area contributed by atoms with Crippen LogP contribution in [0.1, 0.15) is 20.3 Å². The molecular formula is C14H29Cl2NO6S. The van der Waals surface area contributed by atoms with Crippen molar-refractivity contribution in [1.82, 2.24) is 0 Å². The average Bonchev–Trinajstić information content (AvgIpc) is 2.42. The lowest BCUT2D eigenvalue weighted by molar-refractivity contribution is 0.00554. The highest BCUT2D eigenvalue weighted by Gasteiger charge is 2.42. The van der Waals surface area contributed by atoms with Gasteiger partial charge in [0.25, 0.3) is 0 Å². The maximum atomic E-state index is 12.1. The number of ether oxygens (including phenoxy) is 4. The third-order valence-corrected chi connectivity index (χ3v) is 6.22. The molecule has 0 aromatic rings. The maximum absolute atomic E-state index is 12.1. The third kappa shape index (κ3) is 11.8. The summed E-state index contributed by atoms with van der Waals surface area (Å²) in [6.45, 7) is 5.89. The minimum Gasteiger partial charge on any atom is -0.382 e. The number of rotatable bonds is 15. The first kappa shape index (κ1) is 24.3. The summed E-state index contributed by atoms with van der Waals surface area (Å²) < 4.78 is 42.9. The number of alkyl halides is 2. The molecule has 146 valence electrons. The Labute approximate surface area is 155 Å². The third-order valence-electron chi connectivity index (χ3n) is 2.79. The van der Waals surface area contributed by atoms with E-state index in [4.69, 9.17) is 47.9 Å². The molecule has 0 aromatic carbocycles. The number of hydrogen-bond acceptors (Lipinski definition) is 7. The van der Waals surface area contributed by atoms with Crippen LogP contribution in [0.4, 0.5) is 0 Å². The quantitative estimate of drug-likeness (QED) is 0.322. The Morgan fingerprint density at radius 1 is 0.875 bits per heavy atom. The maximum Gasteiger partial charge on any atom is 0.219 e. The Bertz CT molecular complexity index is 425. The molecule has 0 unspecified atom stereocenters. The molecule has 10 heteroatoms. The average molecular weight is 410 g/mol. The Balaban J connectivity index is 3.79. The van der Waals surface area contributed by atoms with Gasteiger partial charge in [-0.25, -0.2) is 8.42 Å². The summed E-state index contributed by atoms with van der Waals surface area (Å²) in [5.74, 6) is -0.282. The zero-order valence-electron chi connectivity index (χ0n) is 14.6. The molecule has 0 aromatic heterocycles. The first-order valence-corrected chi connectivity index (χ1v) is 10.0. The topological polar surface area (TPSA) is 97.1 Å². The smallest absolute Gasteiger partial charge is 0.219 e. The highest BCUT2D eigenvalue weighted by atomic mass is 35.5. The second-order valence-corrected chi connectivity index (χ2v) is 10.2. The molecule has 0 aliphatic carbocycles. The van der Waals surface area contributed by atoms with Crippen molar-refractivity contribution in [2.75, 3.05) is 59.1 Å². The van der Waals surface area contributed by atoms with Crippen molar-refractivity contribution >= 4 is 33.0 Å². The lowest BCUT2D eigenvalue weighted by Crippen LogP contribution is -2.43. The second kappa shape index (κ2) is 11.9. The Morgan fingerprint density at radius 3 is 1.71 bits per heavy atom. The second-order valence-electron chi connectivity index (χ2n) is 5.95. The number of hydrogen-bond donors (Lipinski definition) is 1. The summed E-state index contributed by atoms with van der Waals surface area (Å²) >= 11 is 11.9. The fourth-order valence-electron chi connectivity index (χ4n) is 1.64. The number of nitrogens with two attached hydrogens (primary N) is 1. The van der Waals surface area contributed by atoms with Crippen LogP contribution >= 0.6 is 23.2 Å². The van der Waals surface area contributed by atoms with Gasteiger partial charge in [-0.05, 0) is 13.8 Å². The standard InChI is InChI=1S/C14H29Cl2NO6S/c1-13(2,17)12-14(15,16)24(18,19)11-10-23-9-8-22-7-6-21-5-4-20-3/h4-12,17H2,1-3H3. The van der Waals surface area contributed by atoms with Crippen LogP contribution in [-0.4, -0.2) is 76.7 Å². The normalized spacial score (nSPS) is 13.4. The van der Waals surface area contributed by atoms with Crippen molar-refractivity contribution in [3.63, 3.8) is 0 Å². The summed E-state index contributed by atoms with van der Waals surface area (Å²) in [6, 6.07) is 0. The van der Waals surface area contributed by atoms with Crippen molar-refractivity contribution in [3.05, 3.63) is 0 Å². The molecule has 0 aliphatic rings. The number of methoxy groups -OCH3 is 1. The van der Waals surface area contributed by atoms with Crippen molar-refractivity contribution in [3.8, 4) is 0 Å². The van der Waals surface area contributed by atoms with Crippen molar-refractivity contribution in [2.45, 2.75) is 29.5 Å². The lowest BCUT2D eigenvalue weighted by atomic mass is 10.0. The highest BCUT2D eigenvalue weighted by molar-refractivity contribution is 7.95. The van der Waals surface area contributed by atoms with E-state index in [-0.39, 0.29) is 25.4 Å². The first-order valence-electron chi connectivity index (χ1n) is 7.63. The lowest BCUT2D eigenvalue weighted by Gasteiger charge is -2.28.